The maximum atomic E-state index is 12.9. The topological polar surface area (TPSA) is 111 Å². The van der Waals surface area contributed by atoms with E-state index in [4.69, 9.17) is 4.42 Å². The quantitative estimate of drug-likeness (QED) is 0.595. The Bertz CT molecular complexity index is 933. The molecular formula is C16H14N2O6S. The number of furan rings is 1. The molecule has 8 nitrogen and oxygen atoms in total. The van der Waals surface area contributed by atoms with Gasteiger partial charge < -0.3 is 9.32 Å². The van der Waals surface area contributed by atoms with Gasteiger partial charge in [-0.1, -0.05) is 6.07 Å². The number of benzene rings is 1. The van der Waals surface area contributed by atoms with Crippen molar-refractivity contribution < 1.29 is 22.6 Å². The minimum atomic E-state index is -3.37. The number of rotatable bonds is 5. The van der Waals surface area contributed by atoms with Crippen molar-refractivity contribution in [3.05, 3.63) is 75.6 Å². The molecule has 0 N–H and O–H groups in total. The third-order valence-electron chi connectivity index (χ3n) is 3.78. The highest BCUT2D eigenvalue weighted by Crippen LogP contribution is 2.22. The Morgan fingerprint density at radius 1 is 1.32 bits per heavy atom. The molecule has 1 atom stereocenters. The molecule has 130 valence electrons. The van der Waals surface area contributed by atoms with Gasteiger partial charge in [0.15, 0.2) is 9.84 Å². The van der Waals surface area contributed by atoms with Crippen LogP contribution in [-0.4, -0.2) is 35.9 Å². The summed E-state index contributed by atoms with van der Waals surface area (Å²) in [4.78, 5) is 24.5. The van der Waals surface area contributed by atoms with Crippen LogP contribution in [0.5, 0.6) is 0 Å². The Hall–Kier alpha value is -2.94. The van der Waals surface area contributed by atoms with Gasteiger partial charge in [0.1, 0.15) is 5.76 Å². The van der Waals surface area contributed by atoms with Crippen LogP contribution in [0.4, 0.5) is 5.69 Å². The molecule has 1 amide bonds. The molecule has 1 aliphatic heterocycles. The van der Waals surface area contributed by atoms with E-state index in [0.717, 1.165) is 5.41 Å². The molecule has 25 heavy (non-hydrogen) atoms. The van der Waals surface area contributed by atoms with Gasteiger partial charge in [-0.3, -0.25) is 14.9 Å². The van der Waals surface area contributed by atoms with E-state index < -0.39 is 26.7 Å². The van der Waals surface area contributed by atoms with Gasteiger partial charge in [0.25, 0.3) is 11.6 Å². The van der Waals surface area contributed by atoms with Gasteiger partial charge >= 0.3 is 0 Å². The number of carbonyl (C=O) groups excluding carboxylic acids is 1. The first-order valence-corrected chi connectivity index (χ1v) is 9.06. The molecule has 1 aromatic carbocycles. The average Bonchev–Trinajstić information content (AvgIpc) is 3.21. The van der Waals surface area contributed by atoms with Crippen LogP contribution in [0.1, 0.15) is 16.1 Å². The fourth-order valence-corrected chi connectivity index (χ4v) is 3.88. The third-order valence-corrected chi connectivity index (χ3v) is 5.16. The summed E-state index contributed by atoms with van der Waals surface area (Å²) in [6.45, 7) is 0.0546. The number of amides is 1. The van der Waals surface area contributed by atoms with Crippen molar-refractivity contribution in [3.8, 4) is 0 Å². The zero-order valence-corrected chi connectivity index (χ0v) is 13.8. The van der Waals surface area contributed by atoms with E-state index in [0.29, 0.717) is 5.76 Å². The van der Waals surface area contributed by atoms with Crippen molar-refractivity contribution in [3.63, 3.8) is 0 Å². The number of carbonyl (C=O) groups is 1. The standard InChI is InChI=1S/C16H14N2O6S/c19-16(12-3-1-4-13(9-12)18(20)21)17(10-15-5-2-7-24-15)14-6-8-25(22,23)11-14/h1-9,14H,10-11H2. The number of sulfone groups is 1. The summed E-state index contributed by atoms with van der Waals surface area (Å²) in [5.74, 6) is -0.252. The normalized spacial score (nSPS) is 18.2. The monoisotopic (exact) mass is 362 g/mol. The first-order chi connectivity index (χ1) is 11.9. The molecule has 0 radical (unpaired) electrons. The molecule has 9 heteroatoms. The van der Waals surface area contributed by atoms with E-state index >= 15 is 0 Å². The van der Waals surface area contributed by atoms with E-state index in [9.17, 15) is 23.3 Å². The minimum absolute atomic E-state index is 0.0546. The Morgan fingerprint density at radius 3 is 2.72 bits per heavy atom. The highest BCUT2D eigenvalue weighted by molar-refractivity contribution is 7.94. The number of nitrogens with zero attached hydrogens (tertiary/aromatic N) is 2. The number of nitro benzene ring substituents is 1. The fourth-order valence-electron chi connectivity index (χ4n) is 2.58. The van der Waals surface area contributed by atoms with Gasteiger partial charge in [-0.05, 0) is 24.3 Å². The van der Waals surface area contributed by atoms with Crippen LogP contribution in [-0.2, 0) is 16.4 Å². The third kappa shape index (κ3) is 3.77. The molecule has 2 aromatic rings. The maximum absolute atomic E-state index is 12.9. The first-order valence-electron chi connectivity index (χ1n) is 7.34. The SMILES string of the molecule is O=C(c1cccc([N+](=O)[O-])c1)N(Cc1ccco1)C1C=CS(=O)(=O)C1. The number of nitro groups is 1. The Balaban J connectivity index is 1.93. The Labute approximate surface area is 143 Å². The van der Waals surface area contributed by atoms with E-state index in [-0.39, 0.29) is 23.5 Å². The predicted molar refractivity (Wildman–Crippen MR) is 88.4 cm³/mol. The second-order valence-corrected chi connectivity index (χ2v) is 7.48. The summed E-state index contributed by atoms with van der Waals surface area (Å²) >= 11 is 0. The molecule has 0 bridgehead atoms. The lowest BCUT2D eigenvalue weighted by molar-refractivity contribution is -0.384. The summed E-state index contributed by atoms with van der Waals surface area (Å²) in [6, 6.07) is 7.99. The van der Waals surface area contributed by atoms with Crippen LogP contribution in [0, 0.1) is 10.1 Å². The van der Waals surface area contributed by atoms with Crippen molar-refractivity contribution in [1.82, 2.24) is 4.90 Å². The van der Waals surface area contributed by atoms with Gasteiger partial charge in [0.05, 0.1) is 29.5 Å². The zero-order chi connectivity index (χ0) is 18.0. The van der Waals surface area contributed by atoms with Crippen molar-refractivity contribution in [2.45, 2.75) is 12.6 Å². The van der Waals surface area contributed by atoms with E-state index in [1.165, 1.54) is 41.5 Å². The molecule has 3 rings (SSSR count). The average molecular weight is 362 g/mol. The molecule has 1 unspecified atom stereocenters. The zero-order valence-electron chi connectivity index (χ0n) is 12.9. The number of hydrogen-bond acceptors (Lipinski definition) is 6. The van der Waals surface area contributed by atoms with Crippen LogP contribution in [0.25, 0.3) is 0 Å². The first kappa shape index (κ1) is 16.9. The van der Waals surface area contributed by atoms with Gasteiger partial charge in [-0.15, -0.1) is 0 Å². The van der Waals surface area contributed by atoms with Gasteiger partial charge in [0.2, 0.25) is 0 Å². The molecular weight excluding hydrogens is 348 g/mol. The summed E-state index contributed by atoms with van der Waals surface area (Å²) in [7, 11) is -3.37. The molecule has 0 saturated carbocycles. The van der Waals surface area contributed by atoms with Crippen LogP contribution < -0.4 is 0 Å². The lowest BCUT2D eigenvalue weighted by Crippen LogP contribution is -2.40. The van der Waals surface area contributed by atoms with Gasteiger partial charge in [-0.2, -0.15) is 0 Å². The molecule has 0 aliphatic carbocycles. The molecule has 0 spiro atoms. The smallest absolute Gasteiger partial charge is 0.270 e. The van der Waals surface area contributed by atoms with Crippen LogP contribution in [0.15, 0.2) is 58.6 Å². The van der Waals surface area contributed by atoms with Crippen molar-refractivity contribution in [2.75, 3.05) is 5.75 Å². The van der Waals surface area contributed by atoms with E-state index in [1.807, 2.05) is 0 Å². The lowest BCUT2D eigenvalue weighted by Gasteiger charge is -2.26. The van der Waals surface area contributed by atoms with Crippen LogP contribution in [0.3, 0.4) is 0 Å². The second-order valence-electron chi connectivity index (χ2n) is 5.55. The van der Waals surface area contributed by atoms with Crippen molar-refractivity contribution in [1.29, 1.82) is 0 Å². The van der Waals surface area contributed by atoms with Crippen molar-refractivity contribution >= 4 is 21.4 Å². The summed E-state index contributed by atoms with van der Waals surface area (Å²) in [5.41, 5.74) is -0.100. The maximum Gasteiger partial charge on any atom is 0.270 e. The largest absolute Gasteiger partial charge is 0.467 e. The Morgan fingerprint density at radius 2 is 2.12 bits per heavy atom. The predicted octanol–water partition coefficient (Wildman–Crippen LogP) is 2.14. The van der Waals surface area contributed by atoms with Crippen molar-refractivity contribution in [2.24, 2.45) is 0 Å². The molecule has 1 aromatic heterocycles. The van der Waals surface area contributed by atoms with E-state index in [1.54, 1.807) is 12.1 Å². The summed E-state index contributed by atoms with van der Waals surface area (Å²) in [6.07, 6.45) is 2.89. The van der Waals surface area contributed by atoms with Crippen LogP contribution >= 0.6 is 0 Å². The molecule has 0 saturated heterocycles. The minimum Gasteiger partial charge on any atom is -0.467 e. The highest BCUT2D eigenvalue weighted by atomic mass is 32.2. The highest BCUT2D eigenvalue weighted by Gasteiger charge is 2.31. The molecule has 2 heterocycles. The summed E-state index contributed by atoms with van der Waals surface area (Å²) in [5, 5.41) is 12.0. The molecule has 0 fully saturated rings. The molecule has 1 aliphatic rings. The second kappa shape index (κ2) is 6.52. The summed E-state index contributed by atoms with van der Waals surface area (Å²) < 4.78 is 28.7. The number of non-ortho nitro benzene ring substituents is 1. The van der Waals surface area contributed by atoms with E-state index in [2.05, 4.69) is 0 Å². The fraction of sp³-hybridized carbons (Fsp3) is 0.188. The van der Waals surface area contributed by atoms with Crippen LogP contribution in [0.2, 0.25) is 0 Å². The Kier molecular flexibility index (Phi) is 4.41. The van der Waals surface area contributed by atoms with Gasteiger partial charge in [0, 0.05) is 23.1 Å². The number of hydrogen-bond donors (Lipinski definition) is 0. The van der Waals surface area contributed by atoms with Gasteiger partial charge in [-0.25, -0.2) is 8.42 Å². The lowest BCUT2D eigenvalue weighted by atomic mass is 10.1.